The summed E-state index contributed by atoms with van der Waals surface area (Å²) < 4.78 is 10.4. The topological polar surface area (TPSA) is 118 Å². The number of H-pyrrole nitrogens is 2. The number of benzene rings is 1. The number of Topliss-reactive ketones (excluding diaryl/α,β-unsaturated/α-hetero) is 1. The van der Waals surface area contributed by atoms with Gasteiger partial charge in [-0.05, 0) is 39.3 Å². The molecule has 3 aromatic rings. The van der Waals surface area contributed by atoms with Gasteiger partial charge >= 0.3 is 11.9 Å². The van der Waals surface area contributed by atoms with E-state index in [4.69, 9.17) is 9.47 Å². The molecule has 0 bridgehead atoms. The van der Waals surface area contributed by atoms with E-state index < -0.39 is 29.4 Å². The van der Waals surface area contributed by atoms with Gasteiger partial charge in [-0.15, -0.1) is 0 Å². The molecular formula is C22H22N2O6. The third-order valence-electron chi connectivity index (χ3n) is 4.79. The average Bonchev–Trinajstić information content (AvgIpc) is 3.00. The van der Waals surface area contributed by atoms with Gasteiger partial charge in [-0.1, -0.05) is 18.2 Å². The van der Waals surface area contributed by atoms with Crippen molar-refractivity contribution in [1.82, 2.24) is 9.97 Å². The molecule has 0 spiro atoms. The van der Waals surface area contributed by atoms with Crippen molar-refractivity contribution in [3.63, 3.8) is 0 Å². The summed E-state index contributed by atoms with van der Waals surface area (Å²) in [5.74, 6) is -1.80. The van der Waals surface area contributed by atoms with Crippen molar-refractivity contribution in [3.8, 4) is 0 Å². The normalized spacial score (nSPS) is 11.9. The lowest BCUT2D eigenvalue weighted by Crippen LogP contribution is -2.26. The van der Waals surface area contributed by atoms with Gasteiger partial charge in [0.1, 0.15) is 0 Å². The molecule has 1 unspecified atom stereocenters. The van der Waals surface area contributed by atoms with Crippen molar-refractivity contribution in [3.05, 3.63) is 68.8 Å². The van der Waals surface area contributed by atoms with Crippen LogP contribution in [0.3, 0.4) is 0 Å². The maximum Gasteiger partial charge on any atom is 0.340 e. The number of aromatic nitrogens is 2. The van der Waals surface area contributed by atoms with Crippen molar-refractivity contribution in [2.45, 2.75) is 33.8 Å². The largest absolute Gasteiger partial charge is 0.462 e. The SMILES string of the molecule is CCOC(=O)c1c(C)[nH]c(C(=O)C(C)OC(=O)c2cc(=O)[nH]c3ccccc23)c1C. The number of rotatable bonds is 6. The molecule has 0 saturated heterocycles. The van der Waals surface area contributed by atoms with Crippen LogP contribution >= 0.6 is 0 Å². The first-order valence-corrected chi connectivity index (χ1v) is 9.48. The smallest absolute Gasteiger partial charge is 0.340 e. The Hall–Kier alpha value is -3.68. The molecule has 1 atom stereocenters. The number of para-hydroxylation sites is 1. The number of esters is 2. The van der Waals surface area contributed by atoms with Gasteiger partial charge in [-0.25, -0.2) is 9.59 Å². The fraction of sp³-hybridized carbons (Fsp3) is 0.273. The molecule has 0 aliphatic rings. The number of aryl methyl sites for hydroxylation is 1. The lowest BCUT2D eigenvalue weighted by atomic mass is 10.1. The summed E-state index contributed by atoms with van der Waals surface area (Å²) in [5.41, 5.74) is 1.50. The first-order chi connectivity index (χ1) is 14.2. The summed E-state index contributed by atoms with van der Waals surface area (Å²) in [6.45, 7) is 6.64. The maximum absolute atomic E-state index is 12.9. The molecule has 8 heteroatoms. The number of ether oxygens (including phenoxy) is 2. The molecule has 0 radical (unpaired) electrons. The molecule has 0 saturated carbocycles. The minimum absolute atomic E-state index is 0.0700. The minimum atomic E-state index is -1.14. The van der Waals surface area contributed by atoms with Crippen molar-refractivity contribution in [2.75, 3.05) is 6.61 Å². The van der Waals surface area contributed by atoms with Crippen molar-refractivity contribution in [2.24, 2.45) is 0 Å². The first kappa shape index (κ1) is 21.0. The Balaban J connectivity index is 1.87. The molecule has 0 amide bonds. The fourth-order valence-corrected chi connectivity index (χ4v) is 3.36. The monoisotopic (exact) mass is 410 g/mol. The lowest BCUT2D eigenvalue weighted by Gasteiger charge is -2.13. The number of carbonyl (C=O) groups is 3. The molecule has 3 rings (SSSR count). The van der Waals surface area contributed by atoms with E-state index in [1.807, 2.05) is 0 Å². The van der Waals surface area contributed by atoms with Crippen LogP contribution in [0.2, 0.25) is 0 Å². The molecule has 2 N–H and O–H groups in total. The van der Waals surface area contributed by atoms with Crippen LogP contribution in [0.5, 0.6) is 0 Å². The summed E-state index contributed by atoms with van der Waals surface area (Å²) in [7, 11) is 0. The van der Waals surface area contributed by atoms with Gasteiger partial charge in [0.2, 0.25) is 11.3 Å². The van der Waals surface area contributed by atoms with Crippen molar-refractivity contribution >= 4 is 28.6 Å². The second-order valence-corrected chi connectivity index (χ2v) is 6.85. The Morgan fingerprint density at radius 1 is 1.07 bits per heavy atom. The highest BCUT2D eigenvalue weighted by molar-refractivity contribution is 6.07. The van der Waals surface area contributed by atoms with Gasteiger partial charge in [-0.3, -0.25) is 9.59 Å². The minimum Gasteiger partial charge on any atom is -0.462 e. The number of nitrogens with one attached hydrogen (secondary N) is 2. The van der Waals surface area contributed by atoms with Gasteiger partial charge in [0.25, 0.3) is 0 Å². The molecular weight excluding hydrogens is 388 g/mol. The summed E-state index contributed by atoms with van der Waals surface area (Å²) >= 11 is 0. The van der Waals surface area contributed by atoms with Gasteiger partial charge in [-0.2, -0.15) is 0 Å². The number of ketones is 1. The Labute approximate surface area is 172 Å². The Morgan fingerprint density at radius 2 is 1.77 bits per heavy atom. The molecule has 0 aliphatic heterocycles. The summed E-state index contributed by atoms with van der Waals surface area (Å²) in [4.78, 5) is 55.1. The van der Waals surface area contributed by atoms with Crippen LogP contribution in [0.1, 0.15) is 56.3 Å². The third-order valence-corrected chi connectivity index (χ3v) is 4.79. The zero-order valence-electron chi connectivity index (χ0n) is 17.1. The van der Waals surface area contributed by atoms with E-state index in [9.17, 15) is 19.2 Å². The third kappa shape index (κ3) is 3.89. The lowest BCUT2D eigenvalue weighted by molar-refractivity contribution is 0.0318. The number of aromatic amines is 2. The fourth-order valence-electron chi connectivity index (χ4n) is 3.36. The molecule has 1 aromatic carbocycles. The van der Waals surface area contributed by atoms with Gasteiger partial charge < -0.3 is 19.4 Å². The Morgan fingerprint density at radius 3 is 2.47 bits per heavy atom. The quantitative estimate of drug-likeness (QED) is 0.476. The second kappa shape index (κ2) is 8.36. The van der Waals surface area contributed by atoms with E-state index in [0.29, 0.717) is 27.7 Å². The molecule has 156 valence electrons. The van der Waals surface area contributed by atoms with E-state index in [1.54, 1.807) is 45.0 Å². The van der Waals surface area contributed by atoms with E-state index in [1.165, 1.54) is 6.92 Å². The summed E-state index contributed by atoms with van der Waals surface area (Å²) in [5, 5.41) is 0.512. The van der Waals surface area contributed by atoms with Crippen molar-refractivity contribution in [1.29, 1.82) is 0 Å². The zero-order valence-corrected chi connectivity index (χ0v) is 17.1. The number of hydrogen-bond donors (Lipinski definition) is 2. The predicted molar refractivity (Wildman–Crippen MR) is 110 cm³/mol. The average molecular weight is 410 g/mol. The van der Waals surface area contributed by atoms with Crippen LogP contribution in [0.15, 0.2) is 35.1 Å². The zero-order chi connectivity index (χ0) is 22.0. The second-order valence-electron chi connectivity index (χ2n) is 6.85. The molecule has 0 aliphatic carbocycles. The van der Waals surface area contributed by atoms with Gasteiger partial charge in [0, 0.05) is 22.7 Å². The first-order valence-electron chi connectivity index (χ1n) is 9.48. The van der Waals surface area contributed by atoms with Crippen LogP contribution < -0.4 is 5.56 Å². The van der Waals surface area contributed by atoms with Gasteiger partial charge in [0.15, 0.2) is 6.10 Å². The highest BCUT2D eigenvalue weighted by atomic mass is 16.5. The number of carbonyl (C=O) groups excluding carboxylic acids is 3. The summed E-state index contributed by atoms with van der Waals surface area (Å²) in [6.07, 6.45) is -1.14. The van der Waals surface area contributed by atoms with E-state index in [-0.39, 0.29) is 17.9 Å². The molecule has 2 aromatic heterocycles. The highest BCUT2D eigenvalue weighted by Crippen LogP contribution is 2.22. The number of fused-ring (bicyclic) bond motifs is 1. The van der Waals surface area contributed by atoms with E-state index >= 15 is 0 Å². The van der Waals surface area contributed by atoms with Crippen LogP contribution in [0.4, 0.5) is 0 Å². The van der Waals surface area contributed by atoms with Gasteiger partial charge in [0.05, 0.1) is 23.4 Å². The maximum atomic E-state index is 12.9. The number of pyridine rings is 1. The number of hydrogen-bond acceptors (Lipinski definition) is 6. The predicted octanol–water partition coefficient (Wildman–Crippen LogP) is 3.08. The molecule has 30 heavy (non-hydrogen) atoms. The van der Waals surface area contributed by atoms with Crippen molar-refractivity contribution < 1.29 is 23.9 Å². The summed E-state index contributed by atoms with van der Waals surface area (Å²) in [6, 6.07) is 7.96. The Kier molecular flexibility index (Phi) is 5.86. The molecule has 2 heterocycles. The Bertz CT molecular complexity index is 1200. The highest BCUT2D eigenvalue weighted by Gasteiger charge is 2.28. The van der Waals surface area contributed by atoms with E-state index in [2.05, 4.69) is 9.97 Å². The van der Waals surface area contributed by atoms with Crippen LogP contribution in [-0.4, -0.2) is 40.4 Å². The standard InChI is InChI=1S/C22H22N2O6/c1-5-29-22(28)18-11(2)19(23-12(18)3)20(26)13(4)30-21(27)15-10-17(25)24-16-9-7-6-8-14(15)16/h6-10,13,23H,5H2,1-4H3,(H,24,25). The van der Waals surface area contributed by atoms with Crippen LogP contribution in [-0.2, 0) is 9.47 Å². The van der Waals surface area contributed by atoms with Crippen LogP contribution in [0, 0.1) is 13.8 Å². The molecule has 8 nitrogen and oxygen atoms in total. The van der Waals surface area contributed by atoms with Crippen LogP contribution in [0.25, 0.3) is 10.9 Å². The molecule has 0 fully saturated rings. The van der Waals surface area contributed by atoms with E-state index in [0.717, 1.165) is 6.07 Å².